The lowest BCUT2D eigenvalue weighted by atomic mass is 10.7. The number of primary amides is 1. The standard InChI is InChI=1S/C2H6N2O.H2O4S/c3-1-2(4)5;1-5(2,3)4/h1,3H2,(H2,4,5);(H2,1,2,3,4). The van der Waals surface area contributed by atoms with Crippen LogP contribution in [0, 0.1) is 0 Å². The molecule has 0 aliphatic rings. The Morgan fingerprint density at radius 2 is 1.50 bits per heavy atom. The minimum Gasteiger partial charge on any atom is -0.369 e. The van der Waals surface area contributed by atoms with Gasteiger partial charge in [-0.25, -0.2) is 0 Å². The van der Waals surface area contributed by atoms with Crippen LogP contribution in [0.25, 0.3) is 0 Å². The molecule has 0 heterocycles. The van der Waals surface area contributed by atoms with E-state index in [1.807, 2.05) is 0 Å². The Morgan fingerprint density at radius 1 is 1.40 bits per heavy atom. The van der Waals surface area contributed by atoms with Crippen molar-refractivity contribution >= 4 is 16.3 Å². The van der Waals surface area contributed by atoms with Crippen molar-refractivity contribution in [2.24, 2.45) is 11.5 Å². The van der Waals surface area contributed by atoms with E-state index in [0.29, 0.717) is 0 Å². The van der Waals surface area contributed by atoms with Gasteiger partial charge in [0.25, 0.3) is 0 Å². The van der Waals surface area contributed by atoms with Crippen molar-refractivity contribution in [3.63, 3.8) is 0 Å². The van der Waals surface area contributed by atoms with E-state index >= 15 is 0 Å². The van der Waals surface area contributed by atoms with Gasteiger partial charge in [-0.05, 0) is 0 Å². The highest BCUT2D eigenvalue weighted by atomic mass is 32.3. The molecule has 0 radical (unpaired) electrons. The second-order valence-corrected chi connectivity index (χ2v) is 2.01. The van der Waals surface area contributed by atoms with Gasteiger partial charge >= 0.3 is 10.4 Å². The lowest BCUT2D eigenvalue weighted by Gasteiger charge is -1.74. The Morgan fingerprint density at radius 3 is 1.50 bits per heavy atom. The quantitative estimate of drug-likeness (QED) is 0.330. The minimum atomic E-state index is -4.67. The van der Waals surface area contributed by atoms with Gasteiger partial charge in [-0.1, -0.05) is 0 Å². The molecule has 0 spiro atoms. The fourth-order valence-corrected chi connectivity index (χ4v) is 0. The predicted molar refractivity (Wildman–Crippen MR) is 32.4 cm³/mol. The maximum absolute atomic E-state index is 9.47. The summed E-state index contributed by atoms with van der Waals surface area (Å²) in [5.41, 5.74) is 9.22. The van der Waals surface area contributed by atoms with Crippen molar-refractivity contribution in [2.75, 3.05) is 6.54 Å². The molecule has 10 heavy (non-hydrogen) atoms. The third-order valence-electron chi connectivity index (χ3n) is 0.201. The number of amides is 1. The van der Waals surface area contributed by atoms with Gasteiger partial charge in [-0.3, -0.25) is 13.9 Å². The molecule has 0 aliphatic heterocycles. The SMILES string of the molecule is NCC(N)=O.O=S(=O)(O)O. The molecule has 0 bridgehead atoms. The lowest BCUT2D eigenvalue weighted by molar-refractivity contribution is -0.116. The van der Waals surface area contributed by atoms with Crippen LogP contribution in [0.2, 0.25) is 0 Å². The maximum atomic E-state index is 9.47. The molecule has 0 rings (SSSR count). The summed E-state index contributed by atoms with van der Waals surface area (Å²) in [5.74, 6) is -0.468. The Bertz CT molecular complexity index is 176. The van der Waals surface area contributed by atoms with Gasteiger partial charge in [-0.2, -0.15) is 8.42 Å². The lowest BCUT2D eigenvalue weighted by Crippen LogP contribution is -2.21. The van der Waals surface area contributed by atoms with E-state index in [4.69, 9.17) is 23.3 Å². The zero-order valence-electron chi connectivity index (χ0n) is 4.89. The first kappa shape index (κ1) is 12.0. The van der Waals surface area contributed by atoms with E-state index in [9.17, 15) is 4.79 Å². The minimum absolute atomic E-state index is 0.0556. The Kier molecular flexibility index (Phi) is 6.15. The van der Waals surface area contributed by atoms with Gasteiger partial charge in [0.05, 0.1) is 6.54 Å². The van der Waals surface area contributed by atoms with Gasteiger partial charge in [0, 0.05) is 0 Å². The molecule has 6 N–H and O–H groups in total. The monoisotopic (exact) mass is 172 g/mol. The fraction of sp³-hybridized carbons (Fsp3) is 0.500. The van der Waals surface area contributed by atoms with Crippen molar-refractivity contribution in [1.82, 2.24) is 0 Å². The Labute approximate surface area is 57.6 Å². The smallest absolute Gasteiger partial charge is 0.369 e. The highest BCUT2D eigenvalue weighted by Gasteiger charge is 1.84. The second kappa shape index (κ2) is 5.11. The van der Waals surface area contributed by atoms with Crippen molar-refractivity contribution in [1.29, 1.82) is 0 Å². The number of hydrogen-bond donors (Lipinski definition) is 4. The van der Waals surface area contributed by atoms with E-state index in [1.165, 1.54) is 0 Å². The van der Waals surface area contributed by atoms with E-state index in [2.05, 4.69) is 5.73 Å². The predicted octanol–water partition coefficient (Wildman–Crippen LogP) is -2.22. The van der Waals surface area contributed by atoms with Crippen molar-refractivity contribution in [3.8, 4) is 0 Å². The molecule has 62 valence electrons. The molecule has 0 aromatic rings. The van der Waals surface area contributed by atoms with Crippen LogP contribution in [0.3, 0.4) is 0 Å². The summed E-state index contributed by atoms with van der Waals surface area (Å²) < 4.78 is 31.6. The molecular weight excluding hydrogens is 164 g/mol. The average molecular weight is 172 g/mol. The van der Waals surface area contributed by atoms with Crippen LogP contribution < -0.4 is 11.5 Å². The van der Waals surface area contributed by atoms with E-state index < -0.39 is 16.3 Å². The van der Waals surface area contributed by atoms with Crippen LogP contribution in [0.15, 0.2) is 0 Å². The molecular formula is C2H8N2O5S. The topological polar surface area (TPSA) is 144 Å². The highest BCUT2D eigenvalue weighted by molar-refractivity contribution is 7.79. The molecule has 0 saturated heterocycles. The molecule has 8 heteroatoms. The maximum Gasteiger partial charge on any atom is 0.394 e. The van der Waals surface area contributed by atoms with Crippen LogP contribution in [0.4, 0.5) is 0 Å². The molecule has 0 aromatic heterocycles. The highest BCUT2D eigenvalue weighted by Crippen LogP contribution is 1.59. The first-order chi connectivity index (χ1) is 4.27. The van der Waals surface area contributed by atoms with Crippen LogP contribution in [0.5, 0.6) is 0 Å². The number of carbonyl (C=O) groups excluding carboxylic acids is 1. The summed E-state index contributed by atoms with van der Waals surface area (Å²) in [6.07, 6.45) is 0. The first-order valence-corrected chi connectivity index (χ1v) is 3.35. The number of rotatable bonds is 1. The van der Waals surface area contributed by atoms with Crippen LogP contribution >= 0.6 is 0 Å². The summed E-state index contributed by atoms with van der Waals surface area (Å²) in [5, 5.41) is 0. The van der Waals surface area contributed by atoms with Crippen LogP contribution in [-0.4, -0.2) is 30.0 Å². The first-order valence-electron chi connectivity index (χ1n) is 1.95. The molecule has 0 saturated carbocycles. The molecule has 0 unspecified atom stereocenters. The van der Waals surface area contributed by atoms with Gasteiger partial charge in [0.2, 0.25) is 5.91 Å². The van der Waals surface area contributed by atoms with E-state index in [0.717, 1.165) is 0 Å². The van der Waals surface area contributed by atoms with Gasteiger partial charge in [0.1, 0.15) is 0 Å². The zero-order chi connectivity index (χ0) is 8.78. The summed E-state index contributed by atoms with van der Waals surface area (Å²) in [4.78, 5) is 9.47. The fourth-order valence-electron chi connectivity index (χ4n) is 0. The number of nitrogens with two attached hydrogens (primary N) is 2. The summed E-state index contributed by atoms with van der Waals surface area (Å²) in [7, 11) is -4.67. The largest absolute Gasteiger partial charge is 0.394 e. The van der Waals surface area contributed by atoms with Crippen molar-refractivity contribution < 1.29 is 22.3 Å². The third-order valence-corrected chi connectivity index (χ3v) is 0.201. The normalized spacial score (nSPS) is 9.50. The summed E-state index contributed by atoms with van der Waals surface area (Å²) >= 11 is 0. The molecule has 7 nitrogen and oxygen atoms in total. The molecule has 0 fully saturated rings. The second-order valence-electron chi connectivity index (χ2n) is 1.12. The van der Waals surface area contributed by atoms with Gasteiger partial charge in [0.15, 0.2) is 0 Å². The molecule has 0 atom stereocenters. The summed E-state index contributed by atoms with van der Waals surface area (Å²) in [6, 6.07) is 0. The number of hydrogen-bond acceptors (Lipinski definition) is 4. The van der Waals surface area contributed by atoms with Crippen molar-refractivity contribution in [3.05, 3.63) is 0 Å². The average Bonchev–Trinajstić information content (AvgIpc) is 1.61. The Balaban J connectivity index is 0. The zero-order valence-corrected chi connectivity index (χ0v) is 5.71. The Hall–Kier alpha value is -0.700. The van der Waals surface area contributed by atoms with Gasteiger partial charge < -0.3 is 11.5 Å². The van der Waals surface area contributed by atoms with Crippen LogP contribution in [0.1, 0.15) is 0 Å². The van der Waals surface area contributed by atoms with Gasteiger partial charge in [-0.15, -0.1) is 0 Å². The van der Waals surface area contributed by atoms with E-state index in [1.54, 1.807) is 0 Å². The summed E-state index contributed by atoms with van der Waals surface area (Å²) in [6.45, 7) is -0.0556. The molecule has 0 aromatic carbocycles. The van der Waals surface area contributed by atoms with E-state index in [-0.39, 0.29) is 6.54 Å². The third kappa shape index (κ3) is 171. The number of carbonyl (C=O) groups is 1. The molecule has 0 aliphatic carbocycles. The molecule has 1 amide bonds. The van der Waals surface area contributed by atoms with Crippen LogP contribution in [-0.2, 0) is 15.2 Å². The van der Waals surface area contributed by atoms with Crippen molar-refractivity contribution in [2.45, 2.75) is 0 Å².